The number of fused-ring (bicyclic) bond motifs is 1. The standard InChI is InChI=1S/C15H16N4O/c1-9-16-6-10(7-17-9)12-5-13-11(8-18-12)15(2,3)14(20)19(13)4/h5-8H,1-4H3. The molecule has 0 spiro atoms. The zero-order valence-electron chi connectivity index (χ0n) is 12.0. The highest BCUT2D eigenvalue weighted by molar-refractivity contribution is 6.07. The molecule has 1 amide bonds. The van der Waals surface area contributed by atoms with Crippen molar-refractivity contribution in [3.63, 3.8) is 0 Å². The van der Waals surface area contributed by atoms with Crippen molar-refractivity contribution >= 4 is 11.6 Å². The van der Waals surface area contributed by atoms with Gasteiger partial charge in [0.1, 0.15) is 5.82 Å². The van der Waals surface area contributed by atoms with E-state index in [1.165, 1.54) is 0 Å². The summed E-state index contributed by atoms with van der Waals surface area (Å²) in [5.41, 5.74) is 2.98. The van der Waals surface area contributed by atoms with Crippen LogP contribution in [-0.2, 0) is 10.2 Å². The Balaban J connectivity index is 2.12. The molecule has 0 saturated heterocycles. The summed E-state index contributed by atoms with van der Waals surface area (Å²) in [6.07, 6.45) is 5.28. The van der Waals surface area contributed by atoms with Gasteiger partial charge in [0.25, 0.3) is 0 Å². The van der Waals surface area contributed by atoms with Crippen LogP contribution in [0.25, 0.3) is 11.3 Å². The van der Waals surface area contributed by atoms with Crippen LogP contribution in [0.15, 0.2) is 24.7 Å². The number of aromatic nitrogens is 3. The summed E-state index contributed by atoms with van der Waals surface area (Å²) in [7, 11) is 1.80. The van der Waals surface area contributed by atoms with E-state index < -0.39 is 5.41 Å². The second-order valence-electron chi connectivity index (χ2n) is 5.59. The fraction of sp³-hybridized carbons (Fsp3) is 0.333. The summed E-state index contributed by atoms with van der Waals surface area (Å²) >= 11 is 0. The number of rotatable bonds is 1. The van der Waals surface area contributed by atoms with Crippen LogP contribution in [0.1, 0.15) is 25.2 Å². The molecule has 5 nitrogen and oxygen atoms in total. The van der Waals surface area contributed by atoms with E-state index in [9.17, 15) is 4.79 Å². The van der Waals surface area contributed by atoms with Crippen molar-refractivity contribution in [3.8, 4) is 11.3 Å². The maximum Gasteiger partial charge on any atom is 0.236 e. The Morgan fingerprint density at radius 1 is 1.10 bits per heavy atom. The molecule has 1 aliphatic rings. The maximum atomic E-state index is 12.2. The molecule has 3 heterocycles. The lowest BCUT2D eigenvalue weighted by Gasteiger charge is -2.15. The van der Waals surface area contributed by atoms with Gasteiger partial charge in [-0.25, -0.2) is 9.97 Å². The van der Waals surface area contributed by atoms with Crippen LogP contribution in [-0.4, -0.2) is 27.9 Å². The van der Waals surface area contributed by atoms with E-state index in [4.69, 9.17) is 0 Å². The van der Waals surface area contributed by atoms with Gasteiger partial charge < -0.3 is 4.90 Å². The normalized spacial score (nSPS) is 16.4. The van der Waals surface area contributed by atoms with Crippen molar-refractivity contribution in [1.82, 2.24) is 15.0 Å². The van der Waals surface area contributed by atoms with E-state index in [0.717, 1.165) is 28.3 Å². The van der Waals surface area contributed by atoms with Gasteiger partial charge >= 0.3 is 0 Å². The highest BCUT2D eigenvalue weighted by atomic mass is 16.2. The zero-order valence-corrected chi connectivity index (χ0v) is 12.0. The molecular weight excluding hydrogens is 252 g/mol. The molecule has 0 aromatic carbocycles. The van der Waals surface area contributed by atoms with Crippen LogP contribution in [0.2, 0.25) is 0 Å². The van der Waals surface area contributed by atoms with Crippen molar-refractivity contribution in [1.29, 1.82) is 0 Å². The number of hydrogen-bond donors (Lipinski definition) is 0. The first kappa shape index (κ1) is 12.7. The lowest BCUT2D eigenvalue weighted by atomic mass is 9.87. The van der Waals surface area contributed by atoms with Crippen LogP contribution < -0.4 is 4.90 Å². The first-order chi connectivity index (χ1) is 9.41. The molecule has 0 atom stereocenters. The van der Waals surface area contributed by atoms with Crippen molar-refractivity contribution in [3.05, 3.63) is 36.0 Å². The van der Waals surface area contributed by atoms with E-state index in [1.807, 2.05) is 26.8 Å². The largest absolute Gasteiger partial charge is 0.314 e. The van der Waals surface area contributed by atoms with Crippen LogP contribution in [0.3, 0.4) is 0 Å². The molecule has 0 radical (unpaired) electrons. The molecule has 5 heteroatoms. The maximum absolute atomic E-state index is 12.2. The lowest BCUT2D eigenvalue weighted by molar-refractivity contribution is -0.121. The summed E-state index contributed by atoms with van der Waals surface area (Å²) in [6, 6.07) is 1.93. The molecule has 3 rings (SSSR count). The predicted molar refractivity (Wildman–Crippen MR) is 76.4 cm³/mol. The van der Waals surface area contributed by atoms with Gasteiger partial charge in [0, 0.05) is 36.8 Å². The molecule has 2 aromatic rings. The SMILES string of the molecule is Cc1ncc(-c2cc3c(cn2)C(C)(C)C(=O)N3C)cn1. The Bertz CT molecular complexity index is 692. The van der Waals surface area contributed by atoms with Crippen molar-refractivity contribution in [2.45, 2.75) is 26.2 Å². The first-order valence-corrected chi connectivity index (χ1v) is 6.49. The number of aryl methyl sites for hydroxylation is 1. The number of anilines is 1. The molecule has 0 N–H and O–H groups in total. The van der Waals surface area contributed by atoms with E-state index in [-0.39, 0.29) is 5.91 Å². The molecule has 0 unspecified atom stereocenters. The minimum Gasteiger partial charge on any atom is -0.314 e. The third-order valence-corrected chi connectivity index (χ3v) is 3.83. The van der Waals surface area contributed by atoms with Gasteiger partial charge in [-0.1, -0.05) is 0 Å². The highest BCUT2D eigenvalue weighted by Gasteiger charge is 2.42. The number of carbonyl (C=O) groups excluding carboxylic acids is 1. The monoisotopic (exact) mass is 268 g/mol. The summed E-state index contributed by atoms with van der Waals surface area (Å²) in [6.45, 7) is 5.69. The van der Waals surface area contributed by atoms with Gasteiger partial charge in [-0.05, 0) is 26.8 Å². The second kappa shape index (κ2) is 4.10. The molecular formula is C15H16N4O. The van der Waals surface area contributed by atoms with E-state index in [0.29, 0.717) is 0 Å². The lowest BCUT2D eigenvalue weighted by Crippen LogP contribution is -2.33. The third-order valence-electron chi connectivity index (χ3n) is 3.83. The van der Waals surface area contributed by atoms with E-state index in [1.54, 1.807) is 30.5 Å². The average molecular weight is 268 g/mol. The smallest absolute Gasteiger partial charge is 0.236 e. The minimum atomic E-state index is -0.514. The summed E-state index contributed by atoms with van der Waals surface area (Å²) in [5, 5.41) is 0. The van der Waals surface area contributed by atoms with Crippen molar-refractivity contribution in [2.75, 3.05) is 11.9 Å². The number of pyridine rings is 1. The topological polar surface area (TPSA) is 59.0 Å². The Morgan fingerprint density at radius 2 is 1.75 bits per heavy atom. The average Bonchev–Trinajstić information content (AvgIpc) is 2.61. The highest BCUT2D eigenvalue weighted by Crippen LogP contribution is 2.41. The Hall–Kier alpha value is -2.30. The van der Waals surface area contributed by atoms with Gasteiger partial charge in [0.05, 0.1) is 16.8 Å². The quantitative estimate of drug-likeness (QED) is 0.794. The van der Waals surface area contributed by atoms with Gasteiger partial charge in [-0.2, -0.15) is 0 Å². The molecule has 20 heavy (non-hydrogen) atoms. The molecule has 0 fully saturated rings. The molecule has 1 aliphatic heterocycles. The fourth-order valence-corrected chi connectivity index (χ4v) is 2.53. The Labute approximate surface area is 117 Å². The summed E-state index contributed by atoms with van der Waals surface area (Å²) in [4.78, 5) is 26.8. The van der Waals surface area contributed by atoms with Crippen LogP contribution in [0.5, 0.6) is 0 Å². The molecule has 0 saturated carbocycles. The minimum absolute atomic E-state index is 0.0895. The molecule has 2 aromatic heterocycles. The molecule has 0 aliphatic carbocycles. The van der Waals surface area contributed by atoms with Crippen LogP contribution >= 0.6 is 0 Å². The van der Waals surface area contributed by atoms with Gasteiger partial charge in [0.15, 0.2) is 0 Å². The van der Waals surface area contributed by atoms with E-state index in [2.05, 4.69) is 15.0 Å². The number of likely N-dealkylation sites (N-methyl/N-ethyl adjacent to an activating group) is 1. The van der Waals surface area contributed by atoms with E-state index >= 15 is 0 Å². The number of carbonyl (C=O) groups is 1. The van der Waals surface area contributed by atoms with Crippen molar-refractivity contribution < 1.29 is 4.79 Å². The Morgan fingerprint density at radius 3 is 2.40 bits per heavy atom. The second-order valence-corrected chi connectivity index (χ2v) is 5.59. The fourth-order valence-electron chi connectivity index (χ4n) is 2.53. The zero-order chi connectivity index (χ0) is 14.5. The third kappa shape index (κ3) is 1.70. The number of nitrogens with zero attached hydrogens (tertiary/aromatic N) is 4. The van der Waals surface area contributed by atoms with Gasteiger partial charge in [-0.15, -0.1) is 0 Å². The number of amides is 1. The molecule has 0 bridgehead atoms. The van der Waals surface area contributed by atoms with Gasteiger partial charge in [-0.3, -0.25) is 9.78 Å². The predicted octanol–water partition coefficient (Wildman–Crippen LogP) is 2.10. The van der Waals surface area contributed by atoms with Gasteiger partial charge in [0.2, 0.25) is 5.91 Å². The van der Waals surface area contributed by atoms with Crippen LogP contribution in [0.4, 0.5) is 5.69 Å². The first-order valence-electron chi connectivity index (χ1n) is 6.49. The molecule has 102 valence electrons. The Kier molecular flexibility index (Phi) is 2.61. The van der Waals surface area contributed by atoms with Crippen LogP contribution in [0, 0.1) is 6.92 Å². The summed E-state index contributed by atoms with van der Waals surface area (Å²) < 4.78 is 0. The van der Waals surface area contributed by atoms with Crippen molar-refractivity contribution in [2.24, 2.45) is 0 Å². The number of hydrogen-bond acceptors (Lipinski definition) is 4. The summed E-state index contributed by atoms with van der Waals surface area (Å²) in [5.74, 6) is 0.815.